The van der Waals surface area contributed by atoms with Crippen molar-refractivity contribution >= 4 is 23.2 Å². The molecule has 2 aromatic rings. The molecule has 0 spiro atoms. The third-order valence-electron chi connectivity index (χ3n) is 5.29. The molecule has 1 atom stereocenters. The van der Waals surface area contributed by atoms with Gasteiger partial charge in [-0.3, -0.25) is 9.59 Å². The van der Waals surface area contributed by atoms with Crippen LogP contribution in [0, 0.1) is 12.8 Å². The molecule has 29 heavy (non-hydrogen) atoms. The first-order chi connectivity index (χ1) is 13.9. The molecule has 3 rings (SSSR count). The molecule has 1 aliphatic rings. The molecule has 0 aliphatic carbocycles. The van der Waals surface area contributed by atoms with E-state index in [1.807, 2.05) is 18.7 Å². The van der Waals surface area contributed by atoms with E-state index in [0.29, 0.717) is 19.5 Å². The Morgan fingerprint density at radius 2 is 2.00 bits per heavy atom. The molecule has 2 heterocycles. The van der Waals surface area contributed by atoms with Crippen LogP contribution in [0.2, 0.25) is 0 Å². The second-order valence-electron chi connectivity index (χ2n) is 8.11. The number of nitrogens with zero attached hydrogens (tertiary/aromatic N) is 2. The highest BCUT2D eigenvalue weighted by Gasteiger charge is 2.33. The fourth-order valence-electron chi connectivity index (χ4n) is 3.84. The van der Waals surface area contributed by atoms with E-state index in [1.54, 1.807) is 22.3 Å². The van der Waals surface area contributed by atoms with Gasteiger partial charge in [-0.15, -0.1) is 17.9 Å². The number of rotatable bonds is 7. The Kier molecular flexibility index (Phi) is 6.91. The number of fused-ring (bicyclic) bond motifs is 1. The van der Waals surface area contributed by atoms with Gasteiger partial charge in [0, 0.05) is 24.4 Å². The fourth-order valence-corrected chi connectivity index (χ4v) is 4.74. The molecule has 1 aliphatic heterocycles. The summed E-state index contributed by atoms with van der Waals surface area (Å²) in [4.78, 5) is 30.9. The van der Waals surface area contributed by atoms with E-state index in [1.165, 1.54) is 16.0 Å². The summed E-state index contributed by atoms with van der Waals surface area (Å²) in [5.74, 6) is 0.258. The Hall–Kier alpha value is -2.40. The molecule has 2 amide bonds. The third-order valence-corrected chi connectivity index (χ3v) is 6.29. The number of carbonyl (C=O) groups is 2. The van der Waals surface area contributed by atoms with Crippen LogP contribution in [-0.4, -0.2) is 41.2 Å². The number of hydrogen-bond donors (Lipinski definition) is 0. The van der Waals surface area contributed by atoms with E-state index in [-0.39, 0.29) is 30.3 Å². The monoisotopic (exact) mass is 410 g/mol. The quantitative estimate of drug-likeness (QED) is 0.626. The van der Waals surface area contributed by atoms with Crippen LogP contribution in [0.15, 0.2) is 48.4 Å². The summed E-state index contributed by atoms with van der Waals surface area (Å²) in [7, 11) is 0. The van der Waals surface area contributed by atoms with E-state index >= 15 is 0 Å². The summed E-state index contributed by atoms with van der Waals surface area (Å²) in [6.45, 7) is 11.0. The second-order valence-corrected chi connectivity index (χ2v) is 9.11. The van der Waals surface area contributed by atoms with Crippen LogP contribution < -0.4 is 0 Å². The molecule has 1 aromatic heterocycles. The smallest absolute Gasteiger partial charge is 0.243 e. The highest BCUT2D eigenvalue weighted by Crippen LogP contribution is 2.38. The van der Waals surface area contributed by atoms with E-state index < -0.39 is 0 Å². The topological polar surface area (TPSA) is 40.6 Å². The van der Waals surface area contributed by atoms with Crippen molar-refractivity contribution in [3.63, 3.8) is 0 Å². The average molecular weight is 411 g/mol. The van der Waals surface area contributed by atoms with E-state index in [0.717, 1.165) is 12.0 Å². The number of thiophene rings is 1. The first kappa shape index (κ1) is 21.3. The van der Waals surface area contributed by atoms with Crippen LogP contribution in [0.1, 0.15) is 47.9 Å². The molecule has 5 heteroatoms. The minimum atomic E-state index is -0.0936. The summed E-state index contributed by atoms with van der Waals surface area (Å²) in [5, 5.41) is 2.11. The van der Waals surface area contributed by atoms with Gasteiger partial charge in [-0.25, -0.2) is 0 Å². The lowest BCUT2D eigenvalue weighted by molar-refractivity contribution is -0.141. The van der Waals surface area contributed by atoms with Gasteiger partial charge in [-0.2, -0.15) is 0 Å². The Morgan fingerprint density at radius 1 is 1.28 bits per heavy atom. The van der Waals surface area contributed by atoms with E-state index in [4.69, 9.17) is 0 Å². The Morgan fingerprint density at radius 3 is 2.66 bits per heavy atom. The zero-order valence-corrected chi connectivity index (χ0v) is 18.4. The number of carbonyl (C=O) groups excluding carboxylic acids is 2. The first-order valence-electron chi connectivity index (χ1n) is 10.2. The summed E-state index contributed by atoms with van der Waals surface area (Å²) >= 11 is 1.76. The Balaban J connectivity index is 1.86. The summed E-state index contributed by atoms with van der Waals surface area (Å²) < 4.78 is 0. The maximum atomic E-state index is 13.4. The Bertz CT molecular complexity index is 869. The van der Waals surface area contributed by atoms with Crippen LogP contribution in [0.5, 0.6) is 0 Å². The number of aryl methyl sites for hydroxylation is 1. The normalized spacial score (nSPS) is 15.9. The number of benzene rings is 1. The molecule has 154 valence electrons. The zero-order valence-electron chi connectivity index (χ0n) is 17.6. The molecule has 0 saturated carbocycles. The lowest BCUT2D eigenvalue weighted by Gasteiger charge is -2.37. The number of hydrogen-bond acceptors (Lipinski definition) is 3. The third kappa shape index (κ3) is 4.96. The predicted octanol–water partition coefficient (Wildman–Crippen LogP) is 4.59. The lowest BCUT2D eigenvalue weighted by atomic mass is 9.92. The van der Waals surface area contributed by atoms with Crippen LogP contribution >= 0.6 is 11.3 Å². The van der Waals surface area contributed by atoms with Crippen LogP contribution in [0.25, 0.3) is 0 Å². The van der Waals surface area contributed by atoms with Crippen LogP contribution in [0.4, 0.5) is 0 Å². The maximum absolute atomic E-state index is 13.4. The van der Waals surface area contributed by atoms with Crippen molar-refractivity contribution in [3.8, 4) is 0 Å². The minimum absolute atomic E-state index is 0.00775. The van der Waals surface area contributed by atoms with E-state index in [2.05, 4.69) is 49.2 Å². The van der Waals surface area contributed by atoms with Gasteiger partial charge in [-0.05, 0) is 41.8 Å². The summed E-state index contributed by atoms with van der Waals surface area (Å²) in [6, 6.07) is 10.4. The van der Waals surface area contributed by atoms with Gasteiger partial charge in [0.05, 0.1) is 6.04 Å². The average Bonchev–Trinajstić information content (AvgIpc) is 3.16. The lowest BCUT2D eigenvalue weighted by Crippen LogP contribution is -2.47. The van der Waals surface area contributed by atoms with Gasteiger partial charge < -0.3 is 9.80 Å². The highest BCUT2D eigenvalue weighted by atomic mass is 32.1. The van der Waals surface area contributed by atoms with Crippen molar-refractivity contribution in [2.45, 2.75) is 39.7 Å². The predicted molar refractivity (Wildman–Crippen MR) is 119 cm³/mol. The first-order valence-corrected chi connectivity index (χ1v) is 11.1. The van der Waals surface area contributed by atoms with Gasteiger partial charge >= 0.3 is 0 Å². The van der Waals surface area contributed by atoms with E-state index in [9.17, 15) is 9.59 Å². The number of amides is 2. The molecular weight excluding hydrogens is 380 g/mol. The fraction of sp³-hybridized carbons (Fsp3) is 0.417. The molecule has 0 bridgehead atoms. The highest BCUT2D eigenvalue weighted by molar-refractivity contribution is 7.10. The molecule has 1 aromatic carbocycles. The molecule has 1 unspecified atom stereocenters. The maximum Gasteiger partial charge on any atom is 0.243 e. The molecule has 0 saturated heterocycles. The van der Waals surface area contributed by atoms with Crippen molar-refractivity contribution in [2.75, 3.05) is 19.6 Å². The largest absolute Gasteiger partial charge is 0.330 e. The minimum Gasteiger partial charge on any atom is -0.330 e. The SMILES string of the molecule is C=CCN(CC(=O)N1CCc2sccc2C1c1ccc(C)cc1)C(=O)CC(C)C. The van der Waals surface area contributed by atoms with Crippen molar-refractivity contribution in [2.24, 2.45) is 5.92 Å². The van der Waals surface area contributed by atoms with Crippen molar-refractivity contribution < 1.29 is 9.59 Å². The van der Waals surface area contributed by atoms with Crippen LogP contribution in [-0.2, 0) is 16.0 Å². The molecular formula is C24H30N2O2S. The zero-order chi connectivity index (χ0) is 21.0. The molecule has 0 radical (unpaired) electrons. The standard InChI is InChI=1S/C24H30N2O2S/c1-5-12-25(22(27)15-17(2)3)16-23(28)26-13-10-21-20(11-14-29-21)24(26)19-8-6-18(4)7-9-19/h5-9,11,14,17,24H,1,10,12-13,15-16H2,2-4H3. The van der Waals surface area contributed by atoms with Crippen LogP contribution in [0.3, 0.4) is 0 Å². The van der Waals surface area contributed by atoms with Gasteiger partial charge in [0.15, 0.2) is 0 Å². The van der Waals surface area contributed by atoms with Gasteiger partial charge in [0.25, 0.3) is 0 Å². The van der Waals surface area contributed by atoms with Crippen molar-refractivity contribution in [1.29, 1.82) is 0 Å². The molecule has 0 fully saturated rings. The van der Waals surface area contributed by atoms with Crippen molar-refractivity contribution in [3.05, 3.63) is 69.9 Å². The Labute approximate surface area is 177 Å². The van der Waals surface area contributed by atoms with Crippen molar-refractivity contribution in [1.82, 2.24) is 9.80 Å². The summed E-state index contributed by atoms with van der Waals surface area (Å²) in [5.41, 5.74) is 3.53. The molecule has 4 nitrogen and oxygen atoms in total. The summed E-state index contributed by atoms with van der Waals surface area (Å²) in [6.07, 6.45) is 3.00. The van der Waals surface area contributed by atoms with Gasteiger partial charge in [0.2, 0.25) is 11.8 Å². The second kappa shape index (κ2) is 9.40. The van der Waals surface area contributed by atoms with Gasteiger partial charge in [-0.1, -0.05) is 49.8 Å². The van der Waals surface area contributed by atoms with Gasteiger partial charge in [0.1, 0.15) is 6.54 Å². The molecule has 0 N–H and O–H groups in total.